The van der Waals surface area contributed by atoms with Gasteiger partial charge < -0.3 is 9.47 Å². The van der Waals surface area contributed by atoms with Gasteiger partial charge in [-0.2, -0.15) is 0 Å². The second-order valence-electron chi connectivity index (χ2n) is 8.37. The van der Waals surface area contributed by atoms with E-state index in [9.17, 15) is 0 Å². The SMILES string of the molecule is C(#Cc1ccccc1)OC#Cc1ccccc1CCCCc1ccccc1C#COC#Cc1ccccc1. The molecule has 0 radical (unpaired) electrons. The maximum Gasteiger partial charge on any atom is 0.135 e. The summed E-state index contributed by atoms with van der Waals surface area (Å²) in [5, 5.41) is 0. The number of benzene rings is 4. The highest BCUT2D eigenvalue weighted by Gasteiger charge is 2.02. The molecule has 0 aliphatic rings. The van der Waals surface area contributed by atoms with E-state index in [1.165, 1.54) is 11.1 Å². The van der Waals surface area contributed by atoms with Crippen LogP contribution in [0.15, 0.2) is 109 Å². The highest BCUT2D eigenvalue weighted by atomic mass is 16.5. The number of unbranched alkanes of at least 4 members (excludes halogenated alkanes) is 1. The largest absolute Gasteiger partial charge is 0.356 e. The van der Waals surface area contributed by atoms with Gasteiger partial charge in [0.25, 0.3) is 0 Å². The van der Waals surface area contributed by atoms with E-state index in [2.05, 4.69) is 60.2 Å². The molecule has 38 heavy (non-hydrogen) atoms. The minimum atomic E-state index is 0.895. The molecule has 2 nitrogen and oxygen atoms in total. The van der Waals surface area contributed by atoms with Crippen LogP contribution >= 0.6 is 0 Å². The standard InChI is InChI=1S/C36H26O2/c1-3-13-31(14-4-1)23-27-37-29-25-35-21-11-9-19-33(35)17-7-8-18-34-20-10-12-22-36(34)26-30-38-28-24-32-15-5-2-6-16-32/h1-6,9-16,19-22H,7-8,17-18H2. The van der Waals surface area contributed by atoms with Crippen molar-refractivity contribution in [1.82, 2.24) is 0 Å². The van der Waals surface area contributed by atoms with Crippen molar-refractivity contribution >= 4 is 0 Å². The van der Waals surface area contributed by atoms with Gasteiger partial charge in [-0.3, -0.25) is 0 Å². The van der Waals surface area contributed by atoms with Crippen molar-refractivity contribution in [2.24, 2.45) is 0 Å². The molecule has 4 aromatic rings. The summed E-state index contributed by atoms with van der Waals surface area (Å²) < 4.78 is 10.4. The molecular weight excluding hydrogens is 464 g/mol. The topological polar surface area (TPSA) is 18.5 Å². The molecule has 0 aliphatic heterocycles. The summed E-state index contributed by atoms with van der Waals surface area (Å²) in [6.45, 7) is 0. The molecule has 0 heterocycles. The predicted molar refractivity (Wildman–Crippen MR) is 152 cm³/mol. The molecule has 2 heteroatoms. The van der Waals surface area contributed by atoms with E-state index < -0.39 is 0 Å². The molecule has 0 N–H and O–H groups in total. The first-order chi connectivity index (χ1) is 18.9. The van der Waals surface area contributed by atoms with Crippen LogP contribution in [-0.4, -0.2) is 0 Å². The van der Waals surface area contributed by atoms with E-state index in [0.717, 1.165) is 47.9 Å². The van der Waals surface area contributed by atoms with Gasteiger partial charge >= 0.3 is 0 Å². The first kappa shape index (κ1) is 25.8. The van der Waals surface area contributed by atoms with Gasteiger partial charge in [-0.1, -0.05) is 72.8 Å². The van der Waals surface area contributed by atoms with Crippen molar-refractivity contribution in [3.8, 4) is 48.1 Å². The zero-order valence-corrected chi connectivity index (χ0v) is 21.0. The Morgan fingerprint density at radius 2 is 0.763 bits per heavy atom. The lowest BCUT2D eigenvalue weighted by Crippen LogP contribution is -1.94. The average Bonchev–Trinajstić information content (AvgIpc) is 2.97. The molecule has 0 unspecified atom stereocenters. The number of ether oxygens (including phenoxy) is 2. The van der Waals surface area contributed by atoms with Crippen molar-refractivity contribution in [1.29, 1.82) is 0 Å². The Hall–Kier alpha value is -5.28. The van der Waals surface area contributed by atoms with Crippen molar-refractivity contribution < 1.29 is 9.47 Å². The van der Waals surface area contributed by atoms with Crippen LogP contribution in [0.1, 0.15) is 46.2 Å². The highest BCUT2D eigenvalue weighted by molar-refractivity contribution is 5.42. The van der Waals surface area contributed by atoms with E-state index in [-0.39, 0.29) is 0 Å². The highest BCUT2D eigenvalue weighted by Crippen LogP contribution is 2.15. The lowest BCUT2D eigenvalue weighted by molar-refractivity contribution is 0.479. The molecule has 4 rings (SSSR count). The van der Waals surface area contributed by atoms with Crippen molar-refractivity contribution in [2.75, 3.05) is 0 Å². The number of hydrogen-bond acceptors (Lipinski definition) is 2. The number of aryl methyl sites for hydroxylation is 2. The summed E-state index contributed by atoms with van der Waals surface area (Å²) in [5.41, 5.74) is 6.14. The Bertz CT molecular complexity index is 1450. The van der Waals surface area contributed by atoms with Crippen molar-refractivity contribution in [3.05, 3.63) is 143 Å². The maximum atomic E-state index is 5.21. The van der Waals surface area contributed by atoms with Gasteiger partial charge in [0, 0.05) is 22.3 Å². The van der Waals surface area contributed by atoms with Crippen molar-refractivity contribution in [2.45, 2.75) is 25.7 Å². The zero-order valence-electron chi connectivity index (χ0n) is 21.0. The maximum absolute atomic E-state index is 5.21. The predicted octanol–water partition coefficient (Wildman–Crippen LogP) is 6.92. The zero-order chi connectivity index (χ0) is 26.1. The monoisotopic (exact) mass is 490 g/mol. The third-order valence-corrected chi connectivity index (χ3v) is 5.69. The van der Waals surface area contributed by atoms with Gasteiger partial charge in [-0.05, 0) is 96.9 Å². The van der Waals surface area contributed by atoms with E-state index in [0.29, 0.717) is 0 Å². The smallest absolute Gasteiger partial charge is 0.135 e. The molecule has 0 saturated heterocycles. The van der Waals surface area contributed by atoms with Gasteiger partial charge in [-0.15, -0.1) is 0 Å². The quantitative estimate of drug-likeness (QED) is 0.223. The average molecular weight is 491 g/mol. The molecular formula is C36H26O2. The van der Waals surface area contributed by atoms with E-state index in [1.807, 2.05) is 97.1 Å². The lowest BCUT2D eigenvalue weighted by atomic mass is 9.98. The fourth-order valence-corrected chi connectivity index (χ4v) is 3.78. The van der Waals surface area contributed by atoms with Crippen LogP contribution < -0.4 is 0 Å². The van der Waals surface area contributed by atoms with Gasteiger partial charge in [0.15, 0.2) is 0 Å². The summed E-state index contributed by atoms with van der Waals surface area (Å²) in [6.07, 6.45) is 14.7. The second-order valence-corrected chi connectivity index (χ2v) is 8.37. The van der Waals surface area contributed by atoms with Crippen molar-refractivity contribution in [3.63, 3.8) is 0 Å². The third-order valence-electron chi connectivity index (χ3n) is 5.69. The van der Waals surface area contributed by atoms with Crippen LogP contribution in [0.2, 0.25) is 0 Å². The van der Waals surface area contributed by atoms with Gasteiger partial charge in [0.2, 0.25) is 0 Å². The van der Waals surface area contributed by atoms with Crippen LogP contribution in [0.3, 0.4) is 0 Å². The molecule has 4 aromatic carbocycles. The second kappa shape index (κ2) is 15.0. The molecule has 0 spiro atoms. The summed E-state index contributed by atoms with van der Waals surface area (Å²) in [6, 6.07) is 35.7. The molecule has 0 atom stereocenters. The normalized spacial score (nSPS) is 9.16. The Balaban J connectivity index is 1.27. The first-order valence-electron chi connectivity index (χ1n) is 12.5. The Morgan fingerprint density at radius 1 is 0.395 bits per heavy atom. The number of hydrogen-bond donors (Lipinski definition) is 0. The Morgan fingerprint density at radius 3 is 1.21 bits per heavy atom. The summed E-state index contributed by atoms with van der Waals surface area (Å²) in [4.78, 5) is 0. The fourth-order valence-electron chi connectivity index (χ4n) is 3.78. The van der Waals surface area contributed by atoms with Crippen LogP contribution in [0.25, 0.3) is 0 Å². The minimum absolute atomic E-state index is 0.895. The molecule has 0 aliphatic carbocycles. The first-order valence-corrected chi connectivity index (χ1v) is 12.5. The Labute approximate surface area is 225 Å². The third kappa shape index (κ3) is 8.74. The van der Waals surface area contributed by atoms with Gasteiger partial charge in [0.1, 0.15) is 24.4 Å². The summed E-state index contributed by atoms with van der Waals surface area (Å²) in [7, 11) is 0. The van der Waals surface area contributed by atoms with E-state index >= 15 is 0 Å². The molecule has 0 bridgehead atoms. The number of rotatable bonds is 5. The fraction of sp³-hybridized carbons (Fsp3) is 0.111. The summed E-state index contributed by atoms with van der Waals surface area (Å²) >= 11 is 0. The van der Waals surface area contributed by atoms with Crippen LogP contribution in [0.4, 0.5) is 0 Å². The molecule has 0 saturated carbocycles. The van der Waals surface area contributed by atoms with Crippen LogP contribution in [0.5, 0.6) is 0 Å². The Kier molecular flexibility index (Phi) is 10.2. The molecule has 0 fully saturated rings. The molecule has 0 amide bonds. The van der Waals surface area contributed by atoms with E-state index in [4.69, 9.17) is 9.47 Å². The summed E-state index contributed by atoms with van der Waals surface area (Å²) in [5.74, 6) is 12.1. The van der Waals surface area contributed by atoms with E-state index in [1.54, 1.807) is 0 Å². The lowest BCUT2D eigenvalue weighted by Gasteiger charge is -2.06. The van der Waals surface area contributed by atoms with Crippen LogP contribution in [0, 0.1) is 48.1 Å². The minimum Gasteiger partial charge on any atom is -0.356 e. The van der Waals surface area contributed by atoms with Crippen LogP contribution in [-0.2, 0) is 22.3 Å². The van der Waals surface area contributed by atoms with Gasteiger partial charge in [-0.25, -0.2) is 0 Å². The molecule has 182 valence electrons. The molecule has 0 aromatic heterocycles. The van der Waals surface area contributed by atoms with Gasteiger partial charge in [0.05, 0.1) is 0 Å².